The van der Waals surface area contributed by atoms with Crippen LogP contribution in [0.1, 0.15) is 39.4 Å². The lowest BCUT2D eigenvalue weighted by molar-refractivity contribution is 0.283. The summed E-state index contributed by atoms with van der Waals surface area (Å²) in [5, 5.41) is 24.0. The number of hydrogen-bond donors (Lipinski definition) is 4. The second-order valence-corrected chi connectivity index (χ2v) is 7.96. The first kappa shape index (κ1) is 23.2. The number of nitrogen functional groups attached to an aromatic ring is 2. The van der Waals surface area contributed by atoms with Gasteiger partial charge in [0, 0.05) is 5.56 Å². The van der Waals surface area contributed by atoms with Crippen LogP contribution in [0, 0.1) is 36.6 Å². The van der Waals surface area contributed by atoms with Gasteiger partial charge in [0.25, 0.3) is 0 Å². The van der Waals surface area contributed by atoms with Gasteiger partial charge in [-0.15, -0.1) is 0 Å². The van der Waals surface area contributed by atoms with Gasteiger partial charge in [0.2, 0.25) is 5.96 Å². The molecule has 4 rings (SSSR count). The van der Waals surface area contributed by atoms with E-state index in [1.54, 1.807) is 19.2 Å². The standard InChI is InChI=1S/C25H24N8O2/c1-13-5-4-6-16(14(13)2)11-35-18-8-7-15(9-19(18)34-3)22-20-21(28)17(10-26)23(29)32-24(20)33-25(31-22)30-12-27/h4-9,22H,11H2,1-3H3,(H6,28,29,30,31,32,33). The summed E-state index contributed by atoms with van der Waals surface area (Å²) in [4.78, 5) is 8.84. The van der Waals surface area contributed by atoms with Crippen LogP contribution in [0.5, 0.6) is 11.5 Å². The third-order valence-corrected chi connectivity index (χ3v) is 5.96. The molecule has 0 amide bonds. The van der Waals surface area contributed by atoms with Gasteiger partial charge >= 0.3 is 0 Å². The Bertz CT molecular complexity index is 1420. The molecule has 0 saturated heterocycles. The number of hydrogen-bond acceptors (Lipinski definition) is 10. The van der Waals surface area contributed by atoms with Crippen LogP contribution in [-0.4, -0.2) is 18.1 Å². The van der Waals surface area contributed by atoms with Gasteiger partial charge < -0.3 is 26.3 Å². The Balaban J connectivity index is 1.73. The number of fused-ring (bicyclic) bond motifs is 1. The molecule has 176 valence electrons. The molecule has 2 heterocycles. The molecular weight excluding hydrogens is 444 g/mol. The molecule has 0 aliphatic carbocycles. The summed E-state index contributed by atoms with van der Waals surface area (Å²) >= 11 is 0. The number of anilines is 3. The summed E-state index contributed by atoms with van der Waals surface area (Å²) in [5.74, 6) is 1.54. The molecule has 3 aromatic rings. The van der Waals surface area contributed by atoms with E-state index in [4.69, 9.17) is 26.2 Å². The monoisotopic (exact) mass is 468 g/mol. The zero-order chi connectivity index (χ0) is 25.1. The van der Waals surface area contributed by atoms with Crippen LogP contribution in [0.3, 0.4) is 0 Å². The molecule has 0 bridgehead atoms. The predicted molar refractivity (Wildman–Crippen MR) is 133 cm³/mol. The number of nitrogens with zero attached hydrogens (tertiary/aromatic N) is 4. The number of methoxy groups -OCH3 is 1. The van der Waals surface area contributed by atoms with Crippen molar-refractivity contribution in [1.82, 2.24) is 10.3 Å². The summed E-state index contributed by atoms with van der Waals surface area (Å²) in [6.45, 7) is 4.51. The number of ether oxygens (including phenoxy) is 2. The first-order chi connectivity index (χ1) is 16.9. The summed E-state index contributed by atoms with van der Waals surface area (Å²) in [6, 6.07) is 12.8. The van der Waals surface area contributed by atoms with Gasteiger partial charge in [-0.1, -0.05) is 24.3 Å². The maximum atomic E-state index is 9.50. The van der Waals surface area contributed by atoms with Crippen molar-refractivity contribution in [3.8, 4) is 23.8 Å². The van der Waals surface area contributed by atoms with E-state index in [0.717, 1.165) is 5.56 Å². The SMILES string of the molecule is COc1cc(C2N=C(NC#N)Nc3nc(N)c(C#N)c(N)c32)ccc1OCc1cccc(C)c1C. The van der Waals surface area contributed by atoms with Gasteiger partial charge in [-0.2, -0.15) is 10.5 Å². The van der Waals surface area contributed by atoms with Crippen molar-refractivity contribution in [3.05, 3.63) is 69.8 Å². The van der Waals surface area contributed by atoms with E-state index in [1.165, 1.54) is 11.1 Å². The number of benzene rings is 2. The maximum Gasteiger partial charge on any atom is 0.211 e. The number of aliphatic imine (C=N–C) groups is 1. The molecule has 1 aromatic heterocycles. The van der Waals surface area contributed by atoms with Crippen molar-refractivity contribution in [3.63, 3.8) is 0 Å². The molecule has 1 unspecified atom stereocenters. The highest BCUT2D eigenvalue weighted by atomic mass is 16.5. The van der Waals surface area contributed by atoms with Crippen LogP contribution in [0.15, 0.2) is 41.4 Å². The van der Waals surface area contributed by atoms with E-state index < -0.39 is 6.04 Å². The minimum atomic E-state index is -0.677. The molecule has 2 aromatic carbocycles. The molecule has 1 aliphatic heterocycles. The zero-order valence-corrected chi connectivity index (χ0v) is 19.5. The predicted octanol–water partition coefficient (Wildman–Crippen LogP) is 3.26. The molecule has 0 fully saturated rings. The van der Waals surface area contributed by atoms with E-state index in [1.807, 2.05) is 30.5 Å². The number of rotatable bonds is 5. The number of pyridine rings is 1. The molecule has 0 radical (unpaired) electrons. The number of nitriles is 2. The Morgan fingerprint density at radius 3 is 2.66 bits per heavy atom. The minimum absolute atomic E-state index is 0.0130. The number of aryl methyl sites for hydroxylation is 1. The van der Waals surface area contributed by atoms with Gasteiger partial charge in [0.05, 0.1) is 12.8 Å². The van der Waals surface area contributed by atoms with Gasteiger partial charge in [-0.3, -0.25) is 5.32 Å². The summed E-state index contributed by atoms with van der Waals surface area (Å²) in [5.41, 5.74) is 17.1. The highest BCUT2D eigenvalue weighted by molar-refractivity contribution is 5.98. The fraction of sp³-hybridized carbons (Fsp3) is 0.200. The second kappa shape index (κ2) is 9.49. The smallest absolute Gasteiger partial charge is 0.211 e. The molecule has 0 spiro atoms. The highest BCUT2D eigenvalue weighted by Gasteiger charge is 2.30. The molecular formula is C25H24N8O2. The zero-order valence-electron chi connectivity index (χ0n) is 19.5. The molecule has 10 nitrogen and oxygen atoms in total. The van der Waals surface area contributed by atoms with Gasteiger partial charge in [0.1, 0.15) is 35.9 Å². The number of guanidine groups is 1. The quantitative estimate of drug-likeness (QED) is 0.324. The number of aromatic nitrogens is 1. The maximum absolute atomic E-state index is 9.50. The first-order valence-electron chi connectivity index (χ1n) is 10.7. The van der Waals surface area contributed by atoms with Crippen LogP contribution in [-0.2, 0) is 6.61 Å². The lowest BCUT2D eigenvalue weighted by atomic mass is 9.95. The van der Waals surface area contributed by atoms with Crippen molar-refractivity contribution in [2.75, 3.05) is 23.9 Å². The normalized spacial score (nSPS) is 14.0. The highest BCUT2D eigenvalue weighted by Crippen LogP contribution is 2.42. The van der Waals surface area contributed by atoms with Crippen molar-refractivity contribution in [1.29, 1.82) is 10.5 Å². The van der Waals surface area contributed by atoms with Crippen LogP contribution >= 0.6 is 0 Å². The topological polar surface area (TPSA) is 167 Å². The Hall–Kier alpha value is -4.96. The fourth-order valence-electron chi connectivity index (χ4n) is 3.92. The van der Waals surface area contributed by atoms with E-state index in [-0.39, 0.29) is 23.0 Å². The average molecular weight is 469 g/mol. The van der Waals surface area contributed by atoms with Gasteiger partial charge in [-0.05, 0) is 48.2 Å². The Morgan fingerprint density at radius 2 is 1.94 bits per heavy atom. The van der Waals surface area contributed by atoms with Crippen LogP contribution < -0.4 is 31.6 Å². The van der Waals surface area contributed by atoms with Crippen molar-refractivity contribution >= 4 is 23.3 Å². The molecule has 1 atom stereocenters. The fourth-order valence-corrected chi connectivity index (χ4v) is 3.92. The Kier molecular flexibility index (Phi) is 6.30. The third-order valence-electron chi connectivity index (χ3n) is 5.96. The van der Waals surface area contributed by atoms with Crippen molar-refractivity contribution in [2.45, 2.75) is 26.5 Å². The Morgan fingerprint density at radius 1 is 1.14 bits per heavy atom. The third kappa shape index (κ3) is 4.33. The van der Waals surface area contributed by atoms with E-state index in [9.17, 15) is 5.26 Å². The molecule has 35 heavy (non-hydrogen) atoms. The molecule has 1 aliphatic rings. The van der Waals surface area contributed by atoms with Gasteiger partial charge in [-0.25, -0.2) is 9.98 Å². The summed E-state index contributed by atoms with van der Waals surface area (Å²) in [7, 11) is 1.55. The van der Waals surface area contributed by atoms with Crippen LogP contribution in [0.4, 0.5) is 17.3 Å². The van der Waals surface area contributed by atoms with Crippen LogP contribution in [0.25, 0.3) is 0 Å². The second-order valence-electron chi connectivity index (χ2n) is 7.96. The number of nitrogens with two attached hydrogens (primary N) is 2. The van der Waals surface area contributed by atoms with Gasteiger partial charge in [0.15, 0.2) is 17.7 Å². The first-order valence-corrected chi connectivity index (χ1v) is 10.7. The molecule has 10 heteroatoms. The van der Waals surface area contributed by atoms with Crippen LogP contribution in [0.2, 0.25) is 0 Å². The minimum Gasteiger partial charge on any atom is -0.493 e. The number of nitrogens with one attached hydrogen (secondary N) is 2. The largest absolute Gasteiger partial charge is 0.493 e. The van der Waals surface area contributed by atoms with E-state index in [2.05, 4.69) is 40.5 Å². The van der Waals surface area contributed by atoms with Crippen molar-refractivity contribution in [2.24, 2.45) is 4.99 Å². The van der Waals surface area contributed by atoms with Crippen molar-refractivity contribution < 1.29 is 9.47 Å². The molecule has 6 N–H and O–H groups in total. The Labute approximate surface area is 202 Å². The van der Waals surface area contributed by atoms with E-state index in [0.29, 0.717) is 35.1 Å². The molecule has 0 saturated carbocycles. The lowest BCUT2D eigenvalue weighted by Gasteiger charge is -2.26. The summed E-state index contributed by atoms with van der Waals surface area (Å²) < 4.78 is 11.7. The van der Waals surface area contributed by atoms with E-state index >= 15 is 0 Å². The summed E-state index contributed by atoms with van der Waals surface area (Å²) in [6.07, 6.45) is 1.83. The lowest BCUT2D eigenvalue weighted by Crippen LogP contribution is -2.32. The average Bonchev–Trinajstić information content (AvgIpc) is 2.84.